The molecule has 1 rings (SSSR count). The maximum absolute atomic E-state index is 11.6. The lowest BCUT2D eigenvalue weighted by atomic mass is 9.88. The fraction of sp³-hybridized carbons (Fsp3) is 0.846. The average Bonchev–Trinajstić information content (AvgIpc) is 2.48. The summed E-state index contributed by atoms with van der Waals surface area (Å²) in [5.74, 6) is -1.42. The van der Waals surface area contributed by atoms with Gasteiger partial charge in [-0.25, -0.2) is 4.79 Å². The van der Waals surface area contributed by atoms with Crippen LogP contribution in [0.3, 0.4) is 0 Å². The van der Waals surface area contributed by atoms with Gasteiger partial charge in [0.1, 0.15) is 5.60 Å². The van der Waals surface area contributed by atoms with Gasteiger partial charge in [0.2, 0.25) is 0 Å². The lowest BCUT2D eigenvalue weighted by molar-refractivity contribution is -0.143. The molecule has 110 valence electrons. The van der Waals surface area contributed by atoms with Crippen LogP contribution < -0.4 is 5.32 Å². The Labute approximate surface area is 113 Å². The molecule has 1 fully saturated rings. The van der Waals surface area contributed by atoms with E-state index in [9.17, 15) is 14.7 Å². The number of carbonyl (C=O) groups excluding carboxylic acids is 1. The fourth-order valence-electron chi connectivity index (χ4n) is 2.08. The van der Waals surface area contributed by atoms with Crippen molar-refractivity contribution in [3.63, 3.8) is 0 Å². The van der Waals surface area contributed by atoms with Crippen molar-refractivity contribution in [2.75, 3.05) is 19.8 Å². The number of amides is 1. The topological polar surface area (TPSA) is 84.9 Å². The SMILES string of the molecule is CC(C)(C)OC(=O)NCC1CCOCCC1C(=O)O. The van der Waals surface area contributed by atoms with E-state index < -0.39 is 23.6 Å². The Morgan fingerprint density at radius 2 is 1.95 bits per heavy atom. The number of hydrogen-bond donors (Lipinski definition) is 2. The second kappa shape index (κ2) is 6.75. The molecule has 0 bridgehead atoms. The minimum atomic E-state index is -0.832. The van der Waals surface area contributed by atoms with Crippen LogP contribution in [-0.2, 0) is 14.3 Å². The number of ether oxygens (including phenoxy) is 2. The van der Waals surface area contributed by atoms with Gasteiger partial charge in [0, 0.05) is 19.8 Å². The number of rotatable bonds is 3. The zero-order valence-electron chi connectivity index (χ0n) is 11.8. The van der Waals surface area contributed by atoms with Crippen LogP contribution in [0.1, 0.15) is 33.6 Å². The summed E-state index contributed by atoms with van der Waals surface area (Å²) in [6, 6.07) is 0. The first-order chi connectivity index (χ1) is 8.79. The van der Waals surface area contributed by atoms with Crippen molar-refractivity contribution >= 4 is 12.1 Å². The van der Waals surface area contributed by atoms with Crippen LogP contribution in [0.2, 0.25) is 0 Å². The molecular formula is C13H23NO5. The fourth-order valence-corrected chi connectivity index (χ4v) is 2.08. The van der Waals surface area contributed by atoms with Crippen LogP contribution in [0.25, 0.3) is 0 Å². The summed E-state index contributed by atoms with van der Waals surface area (Å²) in [6.45, 7) is 6.64. The summed E-state index contributed by atoms with van der Waals surface area (Å²) >= 11 is 0. The van der Waals surface area contributed by atoms with Crippen LogP contribution in [0.5, 0.6) is 0 Å². The van der Waals surface area contributed by atoms with Gasteiger partial charge >= 0.3 is 12.1 Å². The number of hydrogen-bond acceptors (Lipinski definition) is 4. The predicted octanol–water partition coefficient (Wildman–Crippen LogP) is 1.64. The highest BCUT2D eigenvalue weighted by Crippen LogP contribution is 2.23. The van der Waals surface area contributed by atoms with Gasteiger partial charge in [0.15, 0.2) is 0 Å². The van der Waals surface area contributed by atoms with Gasteiger partial charge in [-0.2, -0.15) is 0 Å². The summed E-state index contributed by atoms with van der Waals surface area (Å²) in [5.41, 5.74) is -0.553. The van der Waals surface area contributed by atoms with Gasteiger partial charge in [-0.05, 0) is 39.5 Å². The predicted molar refractivity (Wildman–Crippen MR) is 68.9 cm³/mol. The first kappa shape index (κ1) is 15.8. The molecule has 2 N–H and O–H groups in total. The lowest BCUT2D eigenvalue weighted by Gasteiger charge is -2.23. The van der Waals surface area contributed by atoms with Gasteiger partial charge in [0.25, 0.3) is 0 Å². The van der Waals surface area contributed by atoms with Gasteiger partial charge in [0.05, 0.1) is 5.92 Å². The van der Waals surface area contributed by atoms with E-state index in [4.69, 9.17) is 9.47 Å². The number of nitrogens with one attached hydrogen (secondary N) is 1. The lowest BCUT2D eigenvalue weighted by Crippen LogP contribution is -2.38. The average molecular weight is 273 g/mol. The number of carboxylic acid groups (broad SMARTS) is 1. The van der Waals surface area contributed by atoms with Crippen LogP contribution in [-0.4, -0.2) is 42.5 Å². The second-order valence-electron chi connectivity index (χ2n) is 5.78. The number of carboxylic acids is 1. The molecule has 0 spiro atoms. The standard InChI is InChI=1S/C13H23NO5/c1-13(2,3)19-12(17)14-8-9-4-6-18-7-5-10(9)11(15)16/h9-10H,4-8H2,1-3H3,(H,14,17)(H,15,16). The molecule has 0 radical (unpaired) electrons. The van der Waals surface area contributed by atoms with Gasteiger partial charge in [-0.1, -0.05) is 0 Å². The zero-order valence-corrected chi connectivity index (χ0v) is 11.8. The highest BCUT2D eigenvalue weighted by Gasteiger charge is 2.30. The second-order valence-corrected chi connectivity index (χ2v) is 5.78. The molecule has 1 saturated heterocycles. The number of carbonyl (C=O) groups is 2. The van der Waals surface area contributed by atoms with Crippen molar-refractivity contribution in [1.82, 2.24) is 5.32 Å². The molecule has 1 heterocycles. The summed E-state index contributed by atoms with van der Waals surface area (Å²) < 4.78 is 10.4. The van der Waals surface area contributed by atoms with Gasteiger partial charge in [-0.3, -0.25) is 4.79 Å². The Morgan fingerprint density at radius 3 is 2.53 bits per heavy atom. The summed E-state index contributed by atoms with van der Waals surface area (Å²) in [4.78, 5) is 22.7. The Kier molecular flexibility index (Phi) is 5.60. The third-order valence-corrected chi connectivity index (χ3v) is 3.00. The van der Waals surface area contributed by atoms with Crippen molar-refractivity contribution < 1.29 is 24.2 Å². The largest absolute Gasteiger partial charge is 0.481 e. The molecule has 2 atom stereocenters. The van der Waals surface area contributed by atoms with Crippen LogP contribution >= 0.6 is 0 Å². The van der Waals surface area contributed by atoms with E-state index in [0.29, 0.717) is 32.6 Å². The number of alkyl carbamates (subject to hydrolysis) is 1. The van der Waals surface area contributed by atoms with E-state index in [2.05, 4.69) is 5.32 Å². The maximum atomic E-state index is 11.6. The molecule has 19 heavy (non-hydrogen) atoms. The summed E-state index contributed by atoms with van der Waals surface area (Å²) in [7, 11) is 0. The Morgan fingerprint density at radius 1 is 1.32 bits per heavy atom. The minimum absolute atomic E-state index is 0.118. The molecular weight excluding hydrogens is 250 g/mol. The highest BCUT2D eigenvalue weighted by molar-refractivity contribution is 5.71. The number of aliphatic carboxylic acids is 1. The zero-order chi connectivity index (χ0) is 14.5. The van der Waals surface area contributed by atoms with Crippen molar-refractivity contribution in [2.24, 2.45) is 11.8 Å². The molecule has 1 aliphatic heterocycles. The van der Waals surface area contributed by atoms with E-state index >= 15 is 0 Å². The molecule has 0 saturated carbocycles. The monoisotopic (exact) mass is 273 g/mol. The molecule has 0 aromatic rings. The smallest absolute Gasteiger partial charge is 0.407 e. The molecule has 1 amide bonds. The van der Waals surface area contributed by atoms with E-state index in [0.717, 1.165) is 0 Å². The van der Waals surface area contributed by atoms with Crippen molar-refractivity contribution in [3.8, 4) is 0 Å². The molecule has 6 nitrogen and oxygen atoms in total. The Balaban J connectivity index is 2.48. The molecule has 0 aromatic carbocycles. The quantitative estimate of drug-likeness (QED) is 0.816. The van der Waals surface area contributed by atoms with Crippen LogP contribution in [0.4, 0.5) is 4.79 Å². The first-order valence-electron chi connectivity index (χ1n) is 6.57. The Bertz CT molecular complexity index is 323. The van der Waals surface area contributed by atoms with Crippen LogP contribution in [0, 0.1) is 11.8 Å². The van der Waals surface area contributed by atoms with E-state index in [1.807, 2.05) is 0 Å². The Hall–Kier alpha value is -1.30. The molecule has 6 heteroatoms. The summed E-state index contributed by atoms with van der Waals surface area (Å²) in [5, 5.41) is 11.8. The normalized spacial score (nSPS) is 24.4. The molecule has 1 aliphatic rings. The van der Waals surface area contributed by atoms with E-state index in [1.54, 1.807) is 20.8 Å². The van der Waals surface area contributed by atoms with Crippen molar-refractivity contribution in [1.29, 1.82) is 0 Å². The van der Waals surface area contributed by atoms with E-state index in [-0.39, 0.29) is 5.92 Å². The van der Waals surface area contributed by atoms with Crippen molar-refractivity contribution in [3.05, 3.63) is 0 Å². The third-order valence-electron chi connectivity index (χ3n) is 3.00. The first-order valence-corrected chi connectivity index (χ1v) is 6.57. The van der Waals surface area contributed by atoms with E-state index in [1.165, 1.54) is 0 Å². The minimum Gasteiger partial charge on any atom is -0.481 e. The molecule has 0 aliphatic carbocycles. The maximum Gasteiger partial charge on any atom is 0.407 e. The molecule has 0 aromatic heterocycles. The highest BCUT2D eigenvalue weighted by atomic mass is 16.6. The van der Waals surface area contributed by atoms with Gasteiger partial charge < -0.3 is 19.9 Å². The van der Waals surface area contributed by atoms with Crippen molar-refractivity contribution in [2.45, 2.75) is 39.2 Å². The van der Waals surface area contributed by atoms with Gasteiger partial charge in [-0.15, -0.1) is 0 Å². The third kappa shape index (κ3) is 5.92. The van der Waals surface area contributed by atoms with Crippen LogP contribution in [0.15, 0.2) is 0 Å². The molecule has 2 unspecified atom stereocenters. The summed E-state index contributed by atoms with van der Waals surface area (Å²) in [6.07, 6.45) is 0.602.